The molecule has 0 aliphatic heterocycles. The van der Waals surface area contributed by atoms with Crippen LogP contribution in [0.3, 0.4) is 0 Å². The predicted octanol–water partition coefficient (Wildman–Crippen LogP) is 7.31. The molecule has 0 N–H and O–H groups in total. The minimum Gasteiger partial charge on any atom is -0.0879 e. The van der Waals surface area contributed by atoms with Gasteiger partial charge in [-0.05, 0) is 37.0 Å². The Hall–Kier alpha value is -0.520. The van der Waals surface area contributed by atoms with Crippen LogP contribution in [-0.2, 0) is 0 Å². The Morgan fingerprint density at radius 1 is 0.905 bits per heavy atom. The number of unbranched alkanes of at least 4 members (excludes halogenated alkanes) is 7. The third-order valence-electron chi connectivity index (χ3n) is 4.95. The van der Waals surface area contributed by atoms with E-state index in [1.807, 2.05) is 0 Å². The van der Waals surface area contributed by atoms with Gasteiger partial charge in [-0.1, -0.05) is 96.4 Å². The average molecular weight is 291 g/mol. The molecule has 0 nitrogen and oxygen atoms in total. The van der Waals surface area contributed by atoms with E-state index in [1.165, 1.54) is 70.6 Å². The van der Waals surface area contributed by atoms with E-state index in [9.17, 15) is 0 Å². The van der Waals surface area contributed by atoms with Gasteiger partial charge in [0.05, 0.1) is 0 Å². The van der Waals surface area contributed by atoms with Crippen LogP contribution in [0.4, 0.5) is 0 Å². The SMILES string of the molecule is CCCC/C=C/C1C=CC(CCCCCCCC)CC1C. The zero-order valence-corrected chi connectivity index (χ0v) is 14.8. The van der Waals surface area contributed by atoms with Crippen molar-refractivity contribution in [1.29, 1.82) is 0 Å². The third-order valence-corrected chi connectivity index (χ3v) is 4.95. The highest BCUT2D eigenvalue weighted by Crippen LogP contribution is 2.32. The molecular formula is C21H38. The molecule has 0 amide bonds. The van der Waals surface area contributed by atoms with Crippen LogP contribution in [0.2, 0.25) is 0 Å². The highest BCUT2D eigenvalue weighted by molar-refractivity contribution is 5.08. The van der Waals surface area contributed by atoms with E-state index in [0.717, 1.165) is 11.8 Å². The van der Waals surface area contributed by atoms with Gasteiger partial charge in [0.1, 0.15) is 0 Å². The molecule has 1 aliphatic rings. The first-order valence-electron chi connectivity index (χ1n) is 9.62. The van der Waals surface area contributed by atoms with Crippen molar-refractivity contribution in [2.75, 3.05) is 0 Å². The Labute approximate surface area is 134 Å². The summed E-state index contributed by atoms with van der Waals surface area (Å²) in [5, 5.41) is 0. The van der Waals surface area contributed by atoms with Gasteiger partial charge >= 0.3 is 0 Å². The van der Waals surface area contributed by atoms with Crippen molar-refractivity contribution in [2.45, 2.75) is 91.4 Å². The molecule has 0 bridgehead atoms. The molecule has 0 aromatic rings. The summed E-state index contributed by atoms with van der Waals surface area (Å²) in [6.45, 7) is 7.00. The second kappa shape index (κ2) is 12.1. The second-order valence-electron chi connectivity index (χ2n) is 7.06. The van der Waals surface area contributed by atoms with Crippen molar-refractivity contribution in [3.05, 3.63) is 24.3 Å². The molecule has 0 heterocycles. The Bertz CT molecular complexity index is 286. The monoisotopic (exact) mass is 290 g/mol. The van der Waals surface area contributed by atoms with Crippen LogP contribution in [0, 0.1) is 17.8 Å². The van der Waals surface area contributed by atoms with Crippen molar-refractivity contribution in [3.8, 4) is 0 Å². The summed E-state index contributed by atoms with van der Waals surface area (Å²) in [5.74, 6) is 2.38. The Balaban J connectivity index is 2.18. The lowest BCUT2D eigenvalue weighted by Crippen LogP contribution is -2.16. The number of hydrogen-bond donors (Lipinski definition) is 0. The summed E-state index contributed by atoms with van der Waals surface area (Å²) >= 11 is 0. The summed E-state index contributed by atoms with van der Waals surface area (Å²) in [6, 6.07) is 0. The fourth-order valence-electron chi connectivity index (χ4n) is 3.42. The van der Waals surface area contributed by atoms with E-state index in [0.29, 0.717) is 5.92 Å². The normalized spacial score (nSPS) is 25.8. The first-order valence-corrected chi connectivity index (χ1v) is 9.62. The van der Waals surface area contributed by atoms with Crippen LogP contribution in [0.25, 0.3) is 0 Å². The smallest absolute Gasteiger partial charge is 0.00275 e. The molecule has 0 saturated carbocycles. The third kappa shape index (κ3) is 8.49. The number of allylic oxidation sites excluding steroid dienone is 4. The van der Waals surface area contributed by atoms with Crippen molar-refractivity contribution in [2.24, 2.45) is 17.8 Å². The Kier molecular flexibility index (Phi) is 10.6. The molecule has 0 aromatic heterocycles. The molecule has 0 radical (unpaired) electrons. The summed E-state index contributed by atoms with van der Waals surface area (Å²) in [4.78, 5) is 0. The van der Waals surface area contributed by atoms with Gasteiger partial charge in [-0.25, -0.2) is 0 Å². The number of hydrogen-bond acceptors (Lipinski definition) is 0. The van der Waals surface area contributed by atoms with Gasteiger partial charge in [0.15, 0.2) is 0 Å². The molecule has 0 spiro atoms. The molecule has 1 rings (SSSR count). The van der Waals surface area contributed by atoms with Crippen LogP contribution < -0.4 is 0 Å². The second-order valence-corrected chi connectivity index (χ2v) is 7.06. The van der Waals surface area contributed by atoms with Crippen LogP contribution in [-0.4, -0.2) is 0 Å². The van der Waals surface area contributed by atoms with Gasteiger partial charge in [0, 0.05) is 0 Å². The van der Waals surface area contributed by atoms with Crippen LogP contribution in [0.5, 0.6) is 0 Å². The van der Waals surface area contributed by atoms with E-state index in [1.54, 1.807) is 0 Å². The summed E-state index contributed by atoms with van der Waals surface area (Å²) in [7, 11) is 0. The summed E-state index contributed by atoms with van der Waals surface area (Å²) < 4.78 is 0. The average Bonchev–Trinajstić information content (AvgIpc) is 2.49. The lowest BCUT2D eigenvalue weighted by atomic mass is 9.78. The van der Waals surface area contributed by atoms with Gasteiger partial charge in [-0.2, -0.15) is 0 Å². The minimum absolute atomic E-state index is 0.697. The highest BCUT2D eigenvalue weighted by atomic mass is 14.3. The maximum absolute atomic E-state index is 2.51. The first kappa shape index (κ1) is 18.5. The molecule has 122 valence electrons. The molecule has 0 saturated heterocycles. The maximum Gasteiger partial charge on any atom is -0.00275 e. The van der Waals surface area contributed by atoms with Crippen LogP contribution >= 0.6 is 0 Å². The molecule has 0 aromatic carbocycles. The van der Waals surface area contributed by atoms with Gasteiger partial charge in [-0.3, -0.25) is 0 Å². The minimum atomic E-state index is 0.697. The fraction of sp³-hybridized carbons (Fsp3) is 0.810. The van der Waals surface area contributed by atoms with Crippen LogP contribution in [0.15, 0.2) is 24.3 Å². The Morgan fingerprint density at radius 3 is 2.33 bits per heavy atom. The molecule has 21 heavy (non-hydrogen) atoms. The van der Waals surface area contributed by atoms with E-state index in [4.69, 9.17) is 0 Å². The lowest BCUT2D eigenvalue weighted by Gasteiger charge is -2.27. The first-order chi connectivity index (χ1) is 10.3. The quantitative estimate of drug-likeness (QED) is 0.276. The van der Waals surface area contributed by atoms with Crippen molar-refractivity contribution in [3.63, 3.8) is 0 Å². The standard InChI is InChI=1S/C21H38/c1-4-6-8-10-11-12-14-20-16-17-21(19(3)18-20)15-13-9-7-5-2/h13,15-17,19-21H,4-12,14,18H2,1-3H3/b15-13+. The maximum atomic E-state index is 2.51. The lowest BCUT2D eigenvalue weighted by molar-refractivity contribution is 0.352. The van der Waals surface area contributed by atoms with Gasteiger partial charge in [0.2, 0.25) is 0 Å². The summed E-state index contributed by atoms with van der Waals surface area (Å²) in [6.07, 6.45) is 25.1. The zero-order valence-electron chi connectivity index (χ0n) is 14.8. The fourth-order valence-corrected chi connectivity index (χ4v) is 3.42. The molecular weight excluding hydrogens is 252 g/mol. The zero-order chi connectivity index (χ0) is 15.3. The van der Waals surface area contributed by atoms with E-state index >= 15 is 0 Å². The van der Waals surface area contributed by atoms with E-state index in [2.05, 4.69) is 45.1 Å². The number of rotatable bonds is 11. The molecule has 0 heteroatoms. The van der Waals surface area contributed by atoms with Crippen molar-refractivity contribution >= 4 is 0 Å². The van der Waals surface area contributed by atoms with E-state index in [-0.39, 0.29) is 0 Å². The van der Waals surface area contributed by atoms with Gasteiger partial charge in [0.25, 0.3) is 0 Å². The molecule has 3 unspecified atom stereocenters. The van der Waals surface area contributed by atoms with Crippen molar-refractivity contribution < 1.29 is 0 Å². The topological polar surface area (TPSA) is 0 Å². The molecule has 0 fully saturated rings. The van der Waals surface area contributed by atoms with E-state index < -0.39 is 0 Å². The summed E-state index contributed by atoms with van der Waals surface area (Å²) in [5.41, 5.74) is 0. The van der Waals surface area contributed by atoms with Crippen molar-refractivity contribution in [1.82, 2.24) is 0 Å². The Morgan fingerprint density at radius 2 is 1.62 bits per heavy atom. The molecule has 3 atom stereocenters. The molecule has 1 aliphatic carbocycles. The highest BCUT2D eigenvalue weighted by Gasteiger charge is 2.20. The predicted molar refractivity (Wildman–Crippen MR) is 96.6 cm³/mol. The largest absolute Gasteiger partial charge is 0.0879 e. The van der Waals surface area contributed by atoms with Gasteiger partial charge in [-0.15, -0.1) is 0 Å². The van der Waals surface area contributed by atoms with Crippen LogP contribution in [0.1, 0.15) is 91.4 Å². The van der Waals surface area contributed by atoms with Gasteiger partial charge < -0.3 is 0 Å².